The van der Waals surface area contributed by atoms with Gasteiger partial charge in [0.1, 0.15) is 12.5 Å². The molecule has 1 fully saturated rings. The quantitative estimate of drug-likeness (QED) is 0.558. The molecular formula is C28H26FN3O4S. The summed E-state index contributed by atoms with van der Waals surface area (Å²) in [7, 11) is 0. The van der Waals surface area contributed by atoms with E-state index >= 15 is 0 Å². The standard InChI is InChI=1S/C28H26FN3O4S/c1-2-18-21-15-37-24-8-4-3-7-20(24)25(19(21)9-10-22(18)29)32-16-30(17-6-5-13-36-14-17)28(35)26-27(34)23(33)11-12-31(26)32/h2-4,7-12,17,25,34H,1,5-6,13-16H2/t17-,25+/m1/s1. The van der Waals surface area contributed by atoms with Gasteiger partial charge in [-0.1, -0.05) is 36.9 Å². The summed E-state index contributed by atoms with van der Waals surface area (Å²) in [6.45, 7) is 5.08. The van der Waals surface area contributed by atoms with Gasteiger partial charge >= 0.3 is 0 Å². The highest BCUT2D eigenvalue weighted by atomic mass is 32.2. The summed E-state index contributed by atoms with van der Waals surface area (Å²) in [5, 5.41) is 12.8. The van der Waals surface area contributed by atoms with Crippen LogP contribution in [0.3, 0.4) is 0 Å². The second kappa shape index (κ2) is 9.39. The number of rotatable bonds is 3. The topological polar surface area (TPSA) is 75.0 Å². The molecule has 1 saturated heterocycles. The first-order valence-corrected chi connectivity index (χ1v) is 13.2. The zero-order chi connectivity index (χ0) is 25.7. The van der Waals surface area contributed by atoms with Crippen LogP contribution in [0.5, 0.6) is 5.75 Å². The number of thioether (sulfide) groups is 1. The number of aromatic hydroxyl groups is 1. The first-order chi connectivity index (χ1) is 18.0. The van der Waals surface area contributed by atoms with Gasteiger partial charge in [0.15, 0.2) is 11.4 Å². The van der Waals surface area contributed by atoms with Gasteiger partial charge in [0.05, 0.1) is 18.7 Å². The Morgan fingerprint density at radius 1 is 1.14 bits per heavy atom. The molecule has 0 bridgehead atoms. The summed E-state index contributed by atoms with van der Waals surface area (Å²) < 4.78 is 22.1. The molecule has 7 nitrogen and oxygen atoms in total. The molecule has 0 spiro atoms. The van der Waals surface area contributed by atoms with Gasteiger partial charge in [0.25, 0.3) is 5.91 Å². The molecule has 2 aromatic carbocycles. The van der Waals surface area contributed by atoms with Crippen LogP contribution >= 0.6 is 11.8 Å². The highest BCUT2D eigenvalue weighted by Crippen LogP contribution is 2.44. The Bertz CT molecular complexity index is 1470. The number of hydrogen-bond acceptors (Lipinski definition) is 6. The lowest BCUT2D eigenvalue weighted by molar-refractivity contribution is 0.00984. The molecule has 37 heavy (non-hydrogen) atoms. The summed E-state index contributed by atoms with van der Waals surface area (Å²) >= 11 is 1.62. The lowest BCUT2D eigenvalue weighted by atomic mass is 9.91. The van der Waals surface area contributed by atoms with Crippen LogP contribution in [0.15, 0.2) is 64.9 Å². The molecule has 2 atom stereocenters. The minimum Gasteiger partial charge on any atom is -0.502 e. The van der Waals surface area contributed by atoms with Crippen LogP contribution < -0.4 is 10.4 Å². The highest BCUT2D eigenvalue weighted by molar-refractivity contribution is 7.98. The van der Waals surface area contributed by atoms with Gasteiger partial charge in [0, 0.05) is 35.1 Å². The van der Waals surface area contributed by atoms with E-state index in [1.54, 1.807) is 33.5 Å². The van der Waals surface area contributed by atoms with Gasteiger partial charge in [-0.3, -0.25) is 19.3 Å². The van der Waals surface area contributed by atoms with Gasteiger partial charge in [0.2, 0.25) is 5.43 Å². The van der Waals surface area contributed by atoms with Crippen LogP contribution in [0, 0.1) is 5.82 Å². The first kappa shape index (κ1) is 23.8. The number of carbonyl (C=O) groups excluding carboxylic acids is 1. The molecule has 0 saturated carbocycles. The van der Waals surface area contributed by atoms with Crippen LogP contribution in [-0.4, -0.2) is 46.5 Å². The molecule has 3 aliphatic rings. The van der Waals surface area contributed by atoms with E-state index in [4.69, 9.17) is 4.74 Å². The molecule has 4 heterocycles. The fraction of sp³-hybridized carbons (Fsp3) is 0.286. The minimum atomic E-state index is -0.616. The fourth-order valence-corrected chi connectivity index (χ4v) is 6.72. The Morgan fingerprint density at radius 3 is 2.76 bits per heavy atom. The van der Waals surface area contributed by atoms with E-state index in [9.17, 15) is 19.1 Å². The smallest absolute Gasteiger partial charge is 0.278 e. The van der Waals surface area contributed by atoms with Crippen molar-refractivity contribution in [1.82, 2.24) is 9.58 Å². The van der Waals surface area contributed by atoms with Crippen molar-refractivity contribution in [2.75, 3.05) is 24.9 Å². The number of amides is 1. The molecule has 0 radical (unpaired) electrons. The highest BCUT2D eigenvalue weighted by Gasteiger charge is 2.41. The van der Waals surface area contributed by atoms with Gasteiger partial charge in [-0.05, 0) is 41.7 Å². The largest absolute Gasteiger partial charge is 0.502 e. The van der Waals surface area contributed by atoms with Crippen molar-refractivity contribution < 1.29 is 19.0 Å². The number of ether oxygens (including phenoxy) is 1. The number of aromatic nitrogens is 1. The van der Waals surface area contributed by atoms with E-state index in [0.717, 1.165) is 34.4 Å². The number of hydrogen-bond donors (Lipinski definition) is 1. The van der Waals surface area contributed by atoms with E-state index in [0.29, 0.717) is 24.5 Å². The van der Waals surface area contributed by atoms with Crippen LogP contribution in [0.2, 0.25) is 0 Å². The number of benzene rings is 2. The minimum absolute atomic E-state index is 0.0775. The SMILES string of the molecule is C=Cc1c(F)ccc2c1CSc1ccccc1[C@H]2N1CN([C@@H]2CCCOC2)C(=O)c2c(O)c(=O)ccn21. The molecule has 190 valence electrons. The third-order valence-electron chi connectivity index (χ3n) is 7.39. The Labute approximate surface area is 217 Å². The van der Waals surface area contributed by atoms with E-state index in [2.05, 4.69) is 6.58 Å². The Kier molecular flexibility index (Phi) is 6.04. The van der Waals surface area contributed by atoms with E-state index in [1.807, 2.05) is 29.3 Å². The molecule has 1 aromatic heterocycles. The zero-order valence-electron chi connectivity index (χ0n) is 20.1. The maximum absolute atomic E-state index is 14.9. The Hall–Kier alpha value is -3.56. The average Bonchev–Trinajstić information content (AvgIpc) is 3.08. The Balaban J connectivity index is 1.60. The lowest BCUT2D eigenvalue weighted by Crippen LogP contribution is -2.59. The van der Waals surface area contributed by atoms with E-state index in [-0.39, 0.29) is 24.2 Å². The number of carbonyl (C=O) groups is 1. The first-order valence-electron chi connectivity index (χ1n) is 12.2. The van der Waals surface area contributed by atoms with E-state index in [1.165, 1.54) is 18.3 Å². The molecule has 3 aliphatic heterocycles. The monoisotopic (exact) mass is 519 g/mol. The predicted octanol–water partition coefficient (Wildman–Crippen LogP) is 4.26. The maximum Gasteiger partial charge on any atom is 0.278 e. The third kappa shape index (κ3) is 3.84. The van der Waals surface area contributed by atoms with Crippen molar-refractivity contribution in [3.8, 4) is 5.75 Å². The normalized spacial score (nSPS) is 21.1. The van der Waals surface area contributed by atoms with Crippen molar-refractivity contribution in [2.24, 2.45) is 0 Å². The van der Waals surface area contributed by atoms with Gasteiger partial charge < -0.3 is 14.7 Å². The molecule has 0 unspecified atom stereocenters. The van der Waals surface area contributed by atoms with Crippen molar-refractivity contribution in [2.45, 2.75) is 35.6 Å². The molecule has 0 aliphatic carbocycles. The summed E-state index contributed by atoms with van der Waals surface area (Å²) in [6, 6.07) is 11.9. The van der Waals surface area contributed by atoms with Crippen molar-refractivity contribution in [3.63, 3.8) is 0 Å². The molecule has 6 rings (SSSR count). The van der Waals surface area contributed by atoms with E-state index < -0.39 is 23.1 Å². The Morgan fingerprint density at radius 2 is 1.97 bits per heavy atom. The molecule has 1 amide bonds. The molecular weight excluding hydrogens is 493 g/mol. The van der Waals surface area contributed by atoms with Crippen molar-refractivity contribution in [1.29, 1.82) is 0 Å². The zero-order valence-corrected chi connectivity index (χ0v) is 20.9. The van der Waals surface area contributed by atoms with Crippen LogP contribution in [0.1, 0.15) is 51.6 Å². The van der Waals surface area contributed by atoms with Crippen LogP contribution in [0.25, 0.3) is 6.08 Å². The second-order valence-electron chi connectivity index (χ2n) is 9.41. The average molecular weight is 520 g/mol. The lowest BCUT2D eigenvalue weighted by Gasteiger charge is -2.47. The van der Waals surface area contributed by atoms with Gasteiger partial charge in [-0.2, -0.15) is 0 Å². The summed E-state index contributed by atoms with van der Waals surface area (Å²) in [5.41, 5.74) is 2.47. The van der Waals surface area contributed by atoms with Gasteiger partial charge in [-0.15, -0.1) is 11.8 Å². The number of nitrogens with zero attached hydrogens (tertiary/aromatic N) is 3. The number of fused-ring (bicyclic) bond motifs is 3. The van der Waals surface area contributed by atoms with Gasteiger partial charge in [-0.25, -0.2) is 4.39 Å². The fourth-order valence-electron chi connectivity index (χ4n) is 5.58. The molecule has 3 aromatic rings. The molecule has 1 N–H and O–H groups in total. The molecule has 9 heteroatoms. The second-order valence-corrected chi connectivity index (χ2v) is 10.4. The predicted molar refractivity (Wildman–Crippen MR) is 140 cm³/mol. The maximum atomic E-state index is 14.9. The number of halogens is 1. The van der Waals surface area contributed by atoms with Crippen molar-refractivity contribution in [3.05, 3.63) is 99.2 Å². The number of pyridine rings is 1. The summed E-state index contributed by atoms with van der Waals surface area (Å²) in [4.78, 5) is 28.8. The third-order valence-corrected chi connectivity index (χ3v) is 8.51. The summed E-state index contributed by atoms with van der Waals surface area (Å²) in [5.74, 6) is -0.779. The summed E-state index contributed by atoms with van der Waals surface area (Å²) in [6.07, 6.45) is 4.65. The van der Waals surface area contributed by atoms with Crippen molar-refractivity contribution >= 4 is 23.7 Å². The van der Waals surface area contributed by atoms with Crippen LogP contribution in [0.4, 0.5) is 4.39 Å². The van der Waals surface area contributed by atoms with Crippen LogP contribution in [-0.2, 0) is 10.5 Å².